The number of rotatable bonds is 0. The largest absolute Gasteiger partial charge is 0.473 e. The molecule has 6 aliphatic heterocycles. The Kier molecular flexibility index (Phi) is 4.68. The van der Waals surface area contributed by atoms with Crippen LogP contribution in [0.3, 0.4) is 0 Å². The van der Waals surface area contributed by atoms with Gasteiger partial charge < -0.3 is 18.6 Å². The molecule has 156 valence electrons. The average Bonchev–Trinajstić information content (AvgIpc) is 3.55. The molecule has 7 rings (SSSR count). The zero-order valence-corrected chi connectivity index (χ0v) is 17.2. The van der Waals surface area contributed by atoms with Crippen LogP contribution in [0.5, 0.6) is 0 Å². The Hall–Kier alpha value is -2.30. The number of thioether (sulfide) groups is 2. The summed E-state index contributed by atoms with van der Waals surface area (Å²) in [6.07, 6.45) is 6.54. The van der Waals surface area contributed by atoms with Crippen LogP contribution in [0.4, 0.5) is 0 Å². The van der Waals surface area contributed by atoms with E-state index in [1.54, 1.807) is 36.1 Å². The lowest BCUT2D eigenvalue weighted by Gasteiger charge is -2.30. The Bertz CT molecular complexity index is 919. The van der Waals surface area contributed by atoms with E-state index in [0.717, 1.165) is 0 Å². The molecule has 3 saturated heterocycles. The van der Waals surface area contributed by atoms with E-state index in [2.05, 4.69) is 9.15 Å². The van der Waals surface area contributed by atoms with Gasteiger partial charge in [-0.25, -0.2) is 9.59 Å². The van der Waals surface area contributed by atoms with Crippen molar-refractivity contribution in [3.05, 3.63) is 48.0 Å². The molecule has 8 nitrogen and oxygen atoms in total. The molecule has 10 heteroatoms. The van der Waals surface area contributed by atoms with Crippen molar-refractivity contribution in [2.75, 3.05) is 23.0 Å². The van der Waals surface area contributed by atoms with E-state index < -0.39 is 22.8 Å². The standard InChI is InChI=1S/C10H8O4S.C6H4O3S.C4H4O/c11-7-9-3-15-4-10(9,8(12)14-7)6-2-1-5(9)13-6;7-5-3-1-10-2-4(3)6(8)9-5;1-2-4-5-3-1/h1-2,5-6H,3-4H2;1-2H2;1-4H. The first kappa shape index (κ1) is 19.7. The lowest BCUT2D eigenvalue weighted by Crippen LogP contribution is -2.50. The van der Waals surface area contributed by atoms with Crippen molar-refractivity contribution in [3.63, 3.8) is 0 Å². The molecule has 0 aromatic carbocycles. The van der Waals surface area contributed by atoms with E-state index in [4.69, 9.17) is 9.47 Å². The molecule has 1 aromatic rings. The topological polar surface area (TPSA) is 109 Å². The van der Waals surface area contributed by atoms with E-state index in [-0.39, 0.29) is 24.1 Å². The molecular weight excluding hydrogens is 432 g/mol. The van der Waals surface area contributed by atoms with Gasteiger partial charge in [0.1, 0.15) is 10.8 Å². The zero-order valence-electron chi connectivity index (χ0n) is 15.5. The summed E-state index contributed by atoms with van der Waals surface area (Å²) in [4.78, 5) is 45.3. The van der Waals surface area contributed by atoms with Crippen molar-refractivity contribution in [2.45, 2.75) is 12.2 Å². The lowest BCUT2D eigenvalue weighted by atomic mass is 9.61. The van der Waals surface area contributed by atoms with Crippen molar-refractivity contribution in [1.82, 2.24) is 0 Å². The molecule has 0 radical (unpaired) electrons. The number of fused-ring (bicyclic) bond motifs is 2. The van der Waals surface area contributed by atoms with Gasteiger partial charge in [-0.1, -0.05) is 12.2 Å². The molecule has 0 spiro atoms. The van der Waals surface area contributed by atoms with Gasteiger partial charge >= 0.3 is 23.9 Å². The normalized spacial score (nSPS) is 36.5. The SMILES string of the molecule is O=C1OC(=O)C23CSCC12C1C=CC3O1.O=C1OC(=O)C2=C1CSC2.c1ccoc1. The Morgan fingerprint density at radius 1 is 0.767 bits per heavy atom. The minimum absolute atomic E-state index is 0.253. The molecule has 3 fully saturated rings. The third kappa shape index (κ3) is 2.53. The number of ether oxygens (including phenoxy) is 3. The fourth-order valence-corrected chi connectivity index (χ4v) is 7.44. The maximum atomic E-state index is 11.9. The van der Waals surface area contributed by atoms with Crippen LogP contribution in [0.2, 0.25) is 0 Å². The number of esters is 4. The molecule has 0 aliphatic carbocycles. The van der Waals surface area contributed by atoms with E-state index in [1.165, 1.54) is 0 Å². The second kappa shape index (κ2) is 7.14. The monoisotopic (exact) mass is 448 g/mol. The molecule has 4 unspecified atom stereocenters. The van der Waals surface area contributed by atoms with Crippen LogP contribution in [-0.2, 0) is 33.4 Å². The number of carbonyl (C=O) groups is 4. The fraction of sp³-hybridized carbons (Fsp3) is 0.400. The second-order valence-corrected chi connectivity index (χ2v) is 9.37. The van der Waals surface area contributed by atoms with Crippen LogP contribution in [0, 0.1) is 10.8 Å². The number of furan rings is 1. The molecular formula is C20H16O8S2. The molecule has 0 saturated carbocycles. The molecule has 6 aliphatic rings. The van der Waals surface area contributed by atoms with Crippen molar-refractivity contribution < 1.29 is 37.8 Å². The van der Waals surface area contributed by atoms with Gasteiger partial charge in [0, 0.05) is 23.0 Å². The lowest BCUT2D eigenvalue weighted by molar-refractivity contribution is -0.159. The minimum Gasteiger partial charge on any atom is -0.473 e. The predicted molar refractivity (Wildman–Crippen MR) is 105 cm³/mol. The van der Waals surface area contributed by atoms with Gasteiger partial charge in [-0.3, -0.25) is 9.59 Å². The summed E-state index contributed by atoms with van der Waals surface area (Å²) in [7, 11) is 0. The minimum atomic E-state index is -0.714. The maximum absolute atomic E-state index is 11.9. The smallest absolute Gasteiger partial charge is 0.343 e. The summed E-state index contributed by atoms with van der Waals surface area (Å²) in [5.41, 5.74) is -0.271. The van der Waals surface area contributed by atoms with Gasteiger partial charge in [0.15, 0.2) is 0 Å². The van der Waals surface area contributed by atoms with Crippen molar-refractivity contribution in [3.8, 4) is 0 Å². The van der Waals surface area contributed by atoms with Crippen LogP contribution in [-0.4, -0.2) is 59.1 Å². The van der Waals surface area contributed by atoms with Gasteiger partial charge in [0.25, 0.3) is 0 Å². The molecule has 2 bridgehead atoms. The van der Waals surface area contributed by atoms with Crippen LogP contribution < -0.4 is 0 Å². The Balaban J connectivity index is 0.000000110. The highest BCUT2D eigenvalue weighted by Crippen LogP contribution is 2.67. The summed E-state index contributed by atoms with van der Waals surface area (Å²) < 4.78 is 19.5. The van der Waals surface area contributed by atoms with Crippen LogP contribution in [0.25, 0.3) is 0 Å². The quantitative estimate of drug-likeness (QED) is 0.329. The third-order valence-electron chi connectivity index (χ3n) is 6.06. The molecule has 1 aromatic heterocycles. The first-order valence-corrected chi connectivity index (χ1v) is 11.5. The van der Waals surface area contributed by atoms with Crippen LogP contribution >= 0.6 is 23.5 Å². The van der Waals surface area contributed by atoms with E-state index in [1.807, 2.05) is 24.3 Å². The average molecular weight is 448 g/mol. The molecule has 7 heterocycles. The molecule has 0 amide bonds. The second-order valence-electron chi connectivity index (χ2n) is 7.39. The van der Waals surface area contributed by atoms with Crippen LogP contribution in [0.1, 0.15) is 0 Å². The first-order chi connectivity index (χ1) is 14.5. The summed E-state index contributed by atoms with van der Waals surface area (Å²) in [5.74, 6) is 0.921. The Morgan fingerprint density at radius 2 is 1.30 bits per heavy atom. The van der Waals surface area contributed by atoms with Crippen LogP contribution in [0.15, 0.2) is 52.4 Å². The van der Waals surface area contributed by atoms with Gasteiger partial charge in [0.05, 0.1) is 35.9 Å². The summed E-state index contributed by atoms with van der Waals surface area (Å²) in [6, 6.07) is 3.67. The number of hydrogen-bond donors (Lipinski definition) is 0. The summed E-state index contributed by atoms with van der Waals surface area (Å²) in [5, 5.41) is 0. The van der Waals surface area contributed by atoms with Crippen molar-refractivity contribution in [1.29, 1.82) is 0 Å². The van der Waals surface area contributed by atoms with Gasteiger partial charge in [-0.05, 0) is 12.1 Å². The van der Waals surface area contributed by atoms with E-state index >= 15 is 0 Å². The molecule has 0 N–H and O–H groups in total. The third-order valence-corrected chi connectivity index (χ3v) is 8.36. The zero-order chi connectivity index (χ0) is 20.9. The predicted octanol–water partition coefficient (Wildman–Crippen LogP) is 1.52. The van der Waals surface area contributed by atoms with E-state index in [9.17, 15) is 19.2 Å². The highest BCUT2D eigenvalue weighted by Gasteiger charge is 2.82. The Labute approximate surface area is 179 Å². The molecule has 30 heavy (non-hydrogen) atoms. The number of cyclic esters (lactones) is 4. The number of hydrogen-bond acceptors (Lipinski definition) is 10. The number of carbonyl (C=O) groups excluding carboxylic acids is 4. The van der Waals surface area contributed by atoms with Gasteiger partial charge in [0.2, 0.25) is 0 Å². The maximum Gasteiger partial charge on any atom is 0.343 e. The first-order valence-electron chi connectivity index (χ1n) is 9.22. The summed E-state index contributed by atoms with van der Waals surface area (Å²) in [6.45, 7) is 0. The van der Waals surface area contributed by atoms with E-state index in [0.29, 0.717) is 34.2 Å². The van der Waals surface area contributed by atoms with Gasteiger partial charge in [-0.2, -0.15) is 23.5 Å². The highest BCUT2D eigenvalue weighted by atomic mass is 32.2. The highest BCUT2D eigenvalue weighted by molar-refractivity contribution is 8.00. The Morgan fingerprint density at radius 3 is 1.77 bits per heavy atom. The fourth-order valence-electron chi connectivity index (χ4n) is 4.52. The van der Waals surface area contributed by atoms with Crippen molar-refractivity contribution >= 4 is 47.4 Å². The summed E-state index contributed by atoms with van der Waals surface area (Å²) >= 11 is 3.23. The van der Waals surface area contributed by atoms with Crippen molar-refractivity contribution in [2.24, 2.45) is 10.8 Å². The molecule has 4 atom stereocenters. The van der Waals surface area contributed by atoms with Gasteiger partial charge in [-0.15, -0.1) is 0 Å².